The van der Waals surface area contributed by atoms with Crippen molar-refractivity contribution in [2.75, 3.05) is 39.1 Å². The molecule has 1 saturated carbocycles. The first-order chi connectivity index (χ1) is 9.77. The van der Waals surface area contributed by atoms with Crippen molar-refractivity contribution in [3.63, 3.8) is 0 Å². The largest absolute Gasteiger partial charge is 0.381 e. The molecule has 0 aromatic carbocycles. The summed E-state index contributed by atoms with van der Waals surface area (Å²) in [4.78, 5) is 7.27. The van der Waals surface area contributed by atoms with Crippen LogP contribution in [0, 0.1) is 0 Å². The van der Waals surface area contributed by atoms with Gasteiger partial charge in [-0.25, -0.2) is 0 Å². The van der Waals surface area contributed by atoms with Crippen LogP contribution in [0.5, 0.6) is 0 Å². The van der Waals surface area contributed by atoms with Crippen LogP contribution in [-0.4, -0.2) is 60.8 Å². The molecular weight excluding hydrogens is 270 g/mol. The molecular formula is C15H27N3OS. The number of aliphatic imine (C=N–C) groups is 1. The van der Waals surface area contributed by atoms with Gasteiger partial charge in [0.1, 0.15) is 0 Å². The minimum absolute atomic E-state index is 0.277. The number of nitrogens with one attached hydrogen (secondary N) is 1. The standard InChI is InChI=1S/C15H27N3OS/c1-18(13-4-2-3-5-13)9-8-16-14-17-15(12-20-14)6-10-19-11-7-15/h13H,2-12H2,1H3,(H,16,17). The van der Waals surface area contributed by atoms with E-state index in [1.807, 2.05) is 11.8 Å². The number of ether oxygens (including phenoxy) is 1. The van der Waals surface area contributed by atoms with Gasteiger partial charge in [0.05, 0.1) is 12.1 Å². The molecule has 0 atom stereocenters. The maximum atomic E-state index is 5.47. The Bertz CT molecular complexity index is 349. The minimum Gasteiger partial charge on any atom is -0.381 e. The smallest absolute Gasteiger partial charge is 0.157 e. The average Bonchev–Trinajstić information content (AvgIpc) is 3.10. The number of hydrogen-bond donors (Lipinski definition) is 1. The topological polar surface area (TPSA) is 36.9 Å². The number of rotatable bonds is 4. The van der Waals surface area contributed by atoms with E-state index in [1.165, 1.54) is 25.7 Å². The molecule has 2 aliphatic heterocycles. The lowest BCUT2D eigenvalue weighted by molar-refractivity contribution is 0.0555. The van der Waals surface area contributed by atoms with Crippen LogP contribution in [0.2, 0.25) is 0 Å². The molecule has 2 heterocycles. The quantitative estimate of drug-likeness (QED) is 0.862. The van der Waals surface area contributed by atoms with Gasteiger partial charge in [0.25, 0.3) is 0 Å². The lowest BCUT2D eigenvalue weighted by atomic mass is 9.93. The molecule has 114 valence electrons. The highest BCUT2D eigenvalue weighted by atomic mass is 32.2. The third-order valence-electron chi connectivity index (χ3n) is 4.96. The van der Waals surface area contributed by atoms with E-state index in [4.69, 9.17) is 9.73 Å². The van der Waals surface area contributed by atoms with Gasteiger partial charge in [-0.3, -0.25) is 4.99 Å². The lowest BCUT2D eigenvalue weighted by Gasteiger charge is -2.32. The van der Waals surface area contributed by atoms with Gasteiger partial charge in [0, 0.05) is 31.6 Å². The van der Waals surface area contributed by atoms with Crippen LogP contribution >= 0.6 is 11.8 Å². The van der Waals surface area contributed by atoms with Crippen LogP contribution < -0.4 is 5.32 Å². The van der Waals surface area contributed by atoms with Crippen molar-refractivity contribution < 1.29 is 4.74 Å². The Morgan fingerprint density at radius 3 is 2.85 bits per heavy atom. The molecule has 0 aromatic heterocycles. The zero-order valence-electron chi connectivity index (χ0n) is 12.6. The number of likely N-dealkylation sites (N-methyl/N-ethyl adjacent to an activating group) is 1. The summed E-state index contributed by atoms with van der Waals surface area (Å²) in [7, 11) is 2.26. The molecule has 5 heteroatoms. The van der Waals surface area contributed by atoms with Crippen LogP contribution in [0.1, 0.15) is 38.5 Å². The molecule has 0 aromatic rings. The summed E-state index contributed by atoms with van der Waals surface area (Å²) in [6.07, 6.45) is 7.82. The summed E-state index contributed by atoms with van der Waals surface area (Å²) in [5.41, 5.74) is 0.277. The predicted octanol–water partition coefficient (Wildman–Crippen LogP) is 2.10. The van der Waals surface area contributed by atoms with Crippen LogP contribution in [0.4, 0.5) is 0 Å². The van der Waals surface area contributed by atoms with Crippen molar-refractivity contribution in [2.45, 2.75) is 50.1 Å². The van der Waals surface area contributed by atoms with Crippen molar-refractivity contribution in [2.24, 2.45) is 4.99 Å². The molecule has 1 aliphatic carbocycles. The molecule has 3 fully saturated rings. The first-order valence-corrected chi connectivity index (χ1v) is 8.99. The van der Waals surface area contributed by atoms with Crippen molar-refractivity contribution in [1.29, 1.82) is 0 Å². The van der Waals surface area contributed by atoms with Gasteiger partial charge in [-0.15, -0.1) is 0 Å². The molecule has 2 saturated heterocycles. The maximum absolute atomic E-state index is 5.47. The van der Waals surface area contributed by atoms with E-state index in [0.29, 0.717) is 0 Å². The highest BCUT2D eigenvalue weighted by Crippen LogP contribution is 2.31. The Kier molecular flexibility index (Phi) is 4.89. The van der Waals surface area contributed by atoms with Gasteiger partial charge in [-0.2, -0.15) is 0 Å². The van der Waals surface area contributed by atoms with E-state index >= 15 is 0 Å². The highest BCUT2D eigenvalue weighted by Gasteiger charge is 2.38. The summed E-state index contributed by atoms with van der Waals surface area (Å²) >= 11 is 1.90. The average molecular weight is 297 g/mol. The Labute approximate surface area is 126 Å². The minimum atomic E-state index is 0.277. The molecule has 0 unspecified atom stereocenters. The van der Waals surface area contributed by atoms with Gasteiger partial charge in [-0.1, -0.05) is 24.6 Å². The Balaban J connectivity index is 1.43. The molecule has 0 amide bonds. The fourth-order valence-corrected chi connectivity index (χ4v) is 4.70. The summed E-state index contributed by atoms with van der Waals surface area (Å²) in [6, 6.07) is 0.807. The second kappa shape index (κ2) is 6.67. The van der Waals surface area contributed by atoms with Crippen LogP contribution in [0.15, 0.2) is 4.99 Å². The molecule has 4 nitrogen and oxygen atoms in total. The van der Waals surface area contributed by atoms with Crippen molar-refractivity contribution in [3.05, 3.63) is 0 Å². The number of hydrogen-bond acceptors (Lipinski definition) is 4. The fraction of sp³-hybridized carbons (Fsp3) is 0.933. The summed E-state index contributed by atoms with van der Waals surface area (Å²) < 4.78 is 5.47. The molecule has 3 aliphatic rings. The van der Waals surface area contributed by atoms with Gasteiger partial charge < -0.3 is 15.0 Å². The van der Waals surface area contributed by atoms with Crippen LogP contribution in [0.25, 0.3) is 0 Å². The van der Waals surface area contributed by atoms with Gasteiger partial charge in [0.2, 0.25) is 0 Å². The van der Waals surface area contributed by atoms with E-state index in [0.717, 1.165) is 56.1 Å². The third-order valence-corrected chi connectivity index (χ3v) is 6.16. The third kappa shape index (κ3) is 3.49. The van der Waals surface area contributed by atoms with Crippen LogP contribution in [-0.2, 0) is 4.74 Å². The van der Waals surface area contributed by atoms with Gasteiger partial charge in [0.15, 0.2) is 5.17 Å². The Morgan fingerprint density at radius 1 is 1.35 bits per heavy atom. The highest BCUT2D eigenvalue weighted by molar-refractivity contribution is 8.14. The molecule has 3 rings (SSSR count). The molecule has 1 N–H and O–H groups in total. The maximum Gasteiger partial charge on any atom is 0.157 e. The number of nitrogens with zero attached hydrogens (tertiary/aromatic N) is 2. The lowest BCUT2D eigenvalue weighted by Crippen LogP contribution is -2.48. The second-order valence-corrected chi connectivity index (χ2v) is 7.38. The van der Waals surface area contributed by atoms with Crippen molar-refractivity contribution >= 4 is 16.9 Å². The second-order valence-electron chi connectivity index (χ2n) is 6.41. The van der Waals surface area contributed by atoms with Gasteiger partial charge >= 0.3 is 0 Å². The SMILES string of the molecule is CN(CCN=C1NC2(CCOCC2)CS1)C1CCCC1. The summed E-state index contributed by atoms with van der Waals surface area (Å²) in [5, 5.41) is 4.82. The molecule has 0 radical (unpaired) electrons. The van der Waals surface area contributed by atoms with E-state index in [-0.39, 0.29) is 5.54 Å². The zero-order chi connectivity index (χ0) is 13.8. The van der Waals surface area contributed by atoms with E-state index in [2.05, 4.69) is 17.3 Å². The van der Waals surface area contributed by atoms with Gasteiger partial charge in [-0.05, 0) is 32.7 Å². The first kappa shape index (κ1) is 14.7. The summed E-state index contributed by atoms with van der Waals surface area (Å²) in [5.74, 6) is 1.16. The summed E-state index contributed by atoms with van der Waals surface area (Å²) in [6.45, 7) is 3.80. The van der Waals surface area contributed by atoms with E-state index < -0.39 is 0 Å². The Hall–Kier alpha value is -0.260. The first-order valence-electron chi connectivity index (χ1n) is 8.01. The Morgan fingerprint density at radius 2 is 2.10 bits per heavy atom. The molecule has 1 spiro atoms. The molecule has 0 bridgehead atoms. The predicted molar refractivity (Wildman–Crippen MR) is 85.6 cm³/mol. The normalized spacial score (nSPS) is 28.6. The number of amidine groups is 1. The van der Waals surface area contributed by atoms with Crippen molar-refractivity contribution in [3.8, 4) is 0 Å². The fourth-order valence-electron chi connectivity index (χ4n) is 3.46. The van der Waals surface area contributed by atoms with Crippen molar-refractivity contribution in [1.82, 2.24) is 10.2 Å². The zero-order valence-corrected chi connectivity index (χ0v) is 13.4. The monoisotopic (exact) mass is 297 g/mol. The number of thioether (sulfide) groups is 1. The molecule has 20 heavy (non-hydrogen) atoms. The van der Waals surface area contributed by atoms with E-state index in [9.17, 15) is 0 Å². The van der Waals surface area contributed by atoms with E-state index in [1.54, 1.807) is 0 Å². The van der Waals surface area contributed by atoms with Crippen LogP contribution in [0.3, 0.4) is 0 Å².